The van der Waals surface area contributed by atoms with Crippen LogP contribution in [0.1, 0.15) is 36.6 Å². The van der Waals surface area contributed by atoms with Crippen LogP contribution < -0.4 is 19.6 Å². The molecule has 0 spiro atoms. The van der Waals surface area contributed by atoms with Crippen molar-refractivity contribution in [2.24, 2.45) is 4.99 Å². The third-order valence-electron chi connectivity index (χ3n) is 6.37. The minimum absolute atomic E-state index is 0.180. The largest absolute Gasteiger partial charge is 0.487 e. The highest BCUT2D eigenvalue weighted by Gasteiger charge is 2.34. The molecule has 0 bridgehead atoms. The Hall–Kier alpha value is -2.63. The van der Waals surface area contributed by atoms with Gasteiger partial charge in [-0.2, -0.15) is 0 Å². The summed E-state index contributed by atoms with van der Waals surface area (Å²) in [5.41, 5.74) is 2.43. The lowest BCUT2D eigenvalue weighted by Gasteiger charge is -2.25. The molecular formula is C30H22Cl3IN2O4S. The first-order valence-corrected chi connectivity index (χ1v) is 15.5. The number of hydrogen-bond donors (Lipinski definition) is 0. The molecule has 0 fully saturated rings. The van der Waals surface area contributed by atoms with E-state index in [1.807, 2.05) is 24.3 Å². The summed E-state index contributed by atoms with van der Waals surface area (Å²) in [6, 6.07) is 17.3. The van der Waals surface area contributed by atoms with Crippen LogP contribution in [0.3, 0.4) is 0 Å². The van der Waals surface area contributed by atoms with Crippen LogP contribution in [0, 0.1) is 3.57 Å². The number of nitrogens with zero attached hydrogens (tertiary/aromatic N) is 2. The van der Waals surface area contributed by atoms with Crippen LogP contribution in [0.15, 0.2) is 81.7 Å². The standard InChI is InChI=1S/C30H22Cl3IN2O4S/c1-3-39-29(38)25-16(2)35-30-36(26(25)20-9-5-7-11-22(20)33)28(37)24(41-30)13-18-12-19(31)14-23(34)27(18)40-15-17-8-4-6-10-21(17)32/h4-14,26H,3,15H2,1-2H3/b24-13-/t26-/m1/s1. The maximum Gasteiger partial charge on any atom is 0.338 e. The fourth-order valence-corrected chi connectivity index (χ4v) is 7.21. The van der Waals surface area contributed by atoms with E-state index >= 15 is 0 Å². The molecule has 41 heavy (non-hydrogen) atoms. The molecule has 4 aromatic rings. The van der Waals surface area contributed by atoms with Gasteiger partial charge in [-0.05, 0) is 72.3 Å². The average Bonchev–Trinajstić information content (AvgIpc) is 3.22. The van der Waals surface area contributed by atoms with Crippen molar-refractivity contribution in [3.8, 4) is 5.75 Å². The lowest BCUT2D eigenvalue weighted by Crippen LogP contribution is -2.40. The number of halogens is 4. The van der Waals surface area contributed by atoms with E-state index in [2.05, 4.69) is 27.6 Å². The van der Waals surface area contributed by atoms with E-state index in [9.17, 15) is 9.59 Å². The molecule has 1 atom stereocenters. The highest BCUT2D eigenvalue weighted by molar-refractivity contribution is 14.1. The summed E-state index contributed by atoms with van der Waals surface area (Å²) in [6.45, 7) is 3.87. The first-order chi connectivity index (χ1) is 19.7. The Kier molecular flexibility index (Phi) is 9.25. The maximum atomic E-state index is 14.0. The smallest absolute Gasteiger partial charge is 0.338 e. The number of carbonyl (C=O) groups excluding carboxylic acids is 1. The number of allylic oxidation sites excluding steroid dienone is 1. The predicted molar refractivity (Wildman–Crippen MR) is 172 cm³/mol. The van der Waals surface area contributed by atoms with E-state index in [1.165, 1.54) is 15.9 Å². The Morgan fingerprint density at radius 2 is 1.80 bits per heavy atom. The SMILES string of the molecule is CCOC(=O)C1=C(C)N=c2s/c(=C\c3cc(Cl)cc(I)c3OCc3ccccc3Cl)c(=O)n2[C@@H]1c1ccccc1Cl. The van der Waals surface area contributed by atoms with Gasteiger partial charge in [0.15, 0.2) is 4.80 Å². The number of carbonyl (C=O) groups is 1. The van der Waals surface area contributed by atoms with Gasteiger partial charge in [0.25, 0.3) is 5.56 Å². The molecular weight excluding hydrogens is 718 g/mol. The van der Waals surface area contributed by atoms with Gasteiger partial charge in [0, 0.05) is 26.2 Å². The van der Waals surface area contributed by atoms with E-state index in [0.717, 1.165) is 9.13 Å². The van der Waals surface area contributed by atoms with Gasteiger partial charge in [-0.1, -0.05) is 82.5 Å². The molecule has 2 heterocycles. The number of thiazole rings is 1. The number of ether oxygens (including phenoxy) is 2. The molecule has 210 valence electrons. The number of aromatic nitrogens is 1. The fraction of sp³-hybridized carbons (Fsp3) is 0.167. The first kappa shape index (κ1) is 29.8. The number of fused-ring (bicyclic) bond motifs is 1. The first-order valence-electron chi connectivity index (χ1n) is 12.5. The molecule has 0 amide bonds. The second-order valence-corrected chi connectivity index (χ2v) is 12.4. The molecule has 6 nitrogen and oxygen atoms in total. The summed E-state index contributed by atoms with van der Waals surface area (Å²) < 4.78 is 14.2. The van der Waals surface area contributed by atoms with Crippen molar-refractivity contribution < 1.29 is 14.3 Å². The zero-order chi connectivity index (χ0) is 29.3. The molecule has 0 aliphatic carbocycles. The second-order valence-electron chi connectivity index (χ2n) is 9.01. The van der Waals surface area contributed by atoms with Crippen LogP contribution in [0.4, 0.5) is 0 Å². The van der Waals surface area contributed by atoms with E-state index in [0.29, 0.717) is 47.0 Å². The van der Waals surface area contributed by atoms with Crippen LogP contribution in [0.25, 0.3) is 6.08 Å². The Balaban J connectivity index is 1.67. The maximum absolute atomic E-state index is 14.0. The van der Waals surface area contributed by atoms with E-state index in [1.54, 1.807) is 56.3 Å². The van der Waals surface area contributed by atoms with E-state index < -0.39 is 12.0 Å². The number of hydrogen-bond acceptors (Lipinski definition) is 6. The van der Waals surface area contributed by atoms with E-state index in [4.69, 9.17) is 44.3 Å². The average molecular weight is 740 g/mol. The van der Waals surface area contributed by atoms with Crippen LogP contribution in [0.2, 0.25) is 15.1 Å². The van der Waals surface area contributed by atoms with Crippen LogP contribution in [-0.2, 0) is 16.1 Å². The Bertz CT molecular complexity index is 1880. The third kappa shape index (κ3) is 6.12. The molecule has 1 aliphatic heterocycles. The van der Waals surface area contributed by atoms with Gasteiger partial charge in [0.2, 0.25) is 0 Å². The fourth-order valence-electron chi connectivity index (χ4n) is 4.53. The number of benzene rings is 3. The quantitative estimate of drug-likeness (QED) is 0.152. The predicted octanol–water partition coefficient (Wildman–Crippen LogP) is 6.94. The molecule has 11 heteroatoms. The van der Waals surface area contributed by atoms with Crippen molar-refractivity contribution in [2.75, 3.05) is 6.61 Å². The highest BCUT2D eigenvalue weighted by atomic mass is 127. The van der Waals surface area contributed by atoms with Gasteiger partial charge in [-0.3, -0.25) is 9.36 Å². The molecule has 1 aliphatic rings. The van der Waals surface area contributed by atoms with Gasteiger partial charge in [-0.25, -0.2) is 9.79 Å². The van der Waals surface area contributed by atoms with Gasteiger partial charge in [0.05, 0.1) is 26.0 Å². The summed E-state index contributed by atoms with van der Waals surface area (Å²) in [5, 5.41) is 1.51. The topological polar surface area (TPSA) is 69.9 Å². The second kappa shape index (κ2) is 12.7. The van der Waals surface area contributed by atoms with Crippen LogP contribution in [0.5, 0.6) is 5.75 Å². The Morgan fingerprint density at radius 3 is 2.51 bits per heavy atom. The summed E-state index contributed by atoms with van der Waals surface area (Å²) in [6.07, 6.45) is 1.73. The molecule has 1 aromatic heterocycles. The summed E-state index contributed by atoms with van der Waals surface area (Å²) in [7, 11) is 0. The van der Waals surface area contributed by atoms with Crippen molar-refractivity contribution in [1.29, 1.82) is 0 Å². The van der Waals surface area contributed by atoms with Crippen molar-refractivity contribution in [2.45, 2.75) is 26.5 Å². The number of esters is 1. The summed E-state index contributed by atoms with van der Waals surface area (Å²) >= 11 is 22.7. The minimum Gasteiger partial charge on any atom is -0.487 e. The zero-order valence-corrected chi connectivity index (χ0v) is 27.0. The van der Waals surface area contributed by atoms with Gasteiger partial charge < -0.3 is 9.47 Å². The van der Waals surface area contributed by atoms with Crippen molar-refractivity contribution in [3.05, 3.63) is 127 Å². The Morgan fingerprint density at radius 1 is 1.10 bits per heavy atom. The highest BCUT2D eigenvalue weighted by Crippen LogP contribution is 2.35. The zero-order valence-electron chi connectivity index (χ0n) is 21.8. The molecule has 0 unspecified atom stereocenters. The summed E-state index contributed by atoms with van der Waals surface area (Å²) in [5.74, 6) is 0.0133. The monoisotopic (exact) mass is 738 g/mol. The van der Waals surface area contributed by atoms with Gasteiger partial charge in [-0.15, -0.1) is 0 Å². The van der Waals surface area contributed by atoms with Gasteiger partial charge in [0.1, 0.15) is 18.4 Å². The molecule has 0 radical (unpaired) electrons. The normalized spacial score (nSPS) is 15.0. The molecule has 5 rings (SSSR count). The summed E-state index contributed by atoms with van der Waals surface area (Å²) in [4.78, 5) is 32.2. The lowest BCUT2D eigenvalue weighted by molar-refractivity contribution is -0.139. The molecule has 0 saturated heterocycles. The Labute approximate surface area is 268 Å². The van der Waals surface area contributed by atoms with Crippen LogP contribution >= 0.6 is 68.7 Å². The van der Waals surface area contributed by atoms with Crippen molar-refractivity contribution in [3.63, 3.8) is 0 Å². The van der Waals surface area contributed by atoms with E-state index in [-0.39, 0.29) is 24.3 Å². The van der Waals surface area contributed by atoms with Crippen molar-refractivity contribution >= 4 is 80.8 Å². The van der Waals surface area contributed by atoms with Gasteiger partial charge >= 0.3 is 5.97 Å². The molecule has 3 aromatic carbocycles. The molecule has 0 N–H and O–H groups in total. The molecule has 0 saturated carbocycles. The lowest BCUT2D eigenvalue weighted by atomic mass is 9.96. The minimum atomic E-state index is -0.809. The van der Waals surface area contributed by atoms with Crippen LogP contribution in [-0.4, -0.2) is 17.1 Å². The third-order valence-corrected chi connectivity index (χ3v) is 9.09. The number of rotatable bonds is 7. The van der Waals surface area contributed by atoms with Crippen molar-refractivity contribution in [1.82, 2.24) is 4.57 Å².